The van der Waals surface area contributed by atoms with E-state index in [0.29, 0.717) is 6.54 Å². The molecule has 0 aromatic carbocycles. The quantitative estimate of drug-likeness (QED) is 0.126. The second kappa shape index (κ2) is 15.7. The highest BCUT2D eigenvalue weighted by Gasteiger charge is 2.02. The van der Waals surface area contributed by atoms with Crippen LogP contribution in [-0.4, -0.2) is 45.3 Å². The fourth-order valence-electron chi connectivity index (χ4n) is 0.640. The van der Waals surface area contributed by atoms with Crippen LogP contribution in [0, 0.1) is 48.5 Å². The fourth-order valence-corrected chi connectivity index (χ4v) is 0.640. The van der Waals surface area contributed by atoms with Crippen molar-refractivity contribution in [2.75, 3.05) is 24.6 Å². The number of hydrazine groups is 3. The van der Waals surface area contributed by atoms with E-state index in [1.807, 2.05) is 0 Å². The van der Waals surface area contributed by atoms with Gasteiger partial charge in [0.05, 0.1) is 13.1 Å². The van der Waals surface area contributed by atoms with Crippen LogP contribution >= 0.6 is 0 Å². The molecule has 0 atom stereocenters. The molecule has 11 nitrogen and oxygen atoms in total. The largest absolute Gasteiger partial charge is 0.280 e. The molecule has 0 fully saturated rings. The van der Waals surface area contributed by atoms with Gasteiger partial charge in [0.1, 0.15) is 6.54 Å². The molecular formula is C11H17N11. The molecule has 116 valence electrons. The van der Waals surface area contributed by atoms with E-state index >= 15 is 0 Å². The van der Waals surface area contributed by atoms with Gasteiger partial charge in [0.25, 0.3) is 5.95 Å². The maximum atomic E-state index is 7.92. The van der Waals surface area contributed by atoms with E-state index in [9.17, 15) is 0 Å². The highest BCUT2D eigenvalue weighted by atomic mass is 15.6. The van der Waals surface area contributed by atoms with E-state index in [1.54, 1.807) is 6.19 Å². The molecule has 0 spiro atoms. The number of hydrogen-bond donors (Lipinski definition) is 5. The summed E-state index contributed by atoms with van der Waals surface area (Å²) < 4.78 is 0. The summed E-state index contributed by atoms with van der Waals surface area (Å²) in [5.41, 5.74) is 2.28. The maximum absolute atomic E-state index is 7.92. The Morgan fingerprint density at radius 1 is 1.18 bits per heavy atom. The van der Waals surface area contributed by atoms with E-state index in [-0.39, 0.29) is 19.0 Å². The van der Waals surface area contributed by atoms with Gasteiger partial charge < -0.3 is 0 Å². The van der Waals surface area contributed by atoms with E-state index in [1.165, 1.54) is 5.01 Å². The summed E-state index contributed by atoms with van der Waals surface area (Å²) in [5, 5.41) is 22.7. The predicted octanol–water partition coefficient (Wildman–Crippen LogP) is -3.13. The summed E-state index contributed by atoms with van der Waals surface area (Å²) in [6, 6.07) is 0. The molecule has 22 heavy (non-hydrogen) atoms. The van der Waals surface area contributed by atoms with Crippen molar-refractivity contribution >= 4 is 5.95 Å². The van der Waals surface area contributed by atoms with Crippen molar-refractivity contribution in [1.82, 2.24) is 31.1 Å². The number of rotatable bonds is 4. The second-order valence-corrected chi connectivity index (χ2v) is 3.06. The average Bonchev–Trinajstić information content (AvgIpc) is 3.04. The Bertz CT molecular complexity index is 524. The van der Waals surface area contributed by atoms with Gasteiger partial charge in [0.15, 0.2) is 6.19 Å². The molecule has 0 amide bonds. The standard InChI is InChI=1S/C4H6N6.C4H5N3.C3H6N2/c1-2-3-10(5)4-6-8-9-7-4;1-2-3-7(6)4-5;1-2-3-5-4/h1H,3,5H2,(H,6,7,8,9);1H,3,6H2;1,5H,3-4H2. The van der Waals surface area contributed by atoms with Crippen molar-refractivity contribution in [1.29, 1.82) is 5.26 Å². The minimum absolute atomic E-state index is 0.177. The van der Waals surface area contributed by atoms with Gasteiger partial charge in [-0.05, 0) is 5.21 Å². The summed E-state index contributed by atoms with van der Waals surface area (Å²) in [6.07, 6.45) is 16.1. The molecule has 0 radical (unpaired) electrons. The van der Waals surface area contributed by atoms with E-state index < -0.39 is 0 Å². The summed E-state index contributed by atoms with van der Waals surface area (Å²) in [6.45, 7) is 0.885. The molecule has 1 rings (SSSR count). The van der Waals surface area contributed by atoms with E-state index in [0.717, 1.165) is 5.01 Å². The first-order valence-electron chi connectivity index (χ1n) is 5.48. The molecule has 1 aromatic rings. The zero-order valence-electron chi connectivity index (χ0n) is 11.8. The fraction of sp³-hybridized carbons (Fsp3) is 0.273. The molecule has 0 saturated heterocycles. The van der Waals surface area contributed by atoms with Gasteiger partial charge in [-0.2, -0.15) is 10.5 Å². The number of hydrogen-bond acceptors (Lipinski definition) is 10. The summed E-state index contributed by atoms with van der Waals surface area (Å²) in [7, 11) is 0. The Balaban J connectivity index is 0. The molecule has 1 heterocycles. The van der Waals surface area contributed by atoms with Gasteiger partial charge in [-0.1, -0.05) is 22.9 Å². The zero-order valence-corrected chi connectivity index (χ0v) is 11.8. The molecule has 0 aliphatic carbocycles. The number of anilines is 1. The normalized spacial score (nSPS) is 7.41. The monoisotopic (exact) mass is 303 g/mol. The number of terminal acetylenes is 3. The topological polar surface area (TPSA) is 175 Å². The molecule has 0 aliphatic heterocycles. The number of nitrogens with one attached hydrogen (secondary N) is 2. The lowest BCUT2D eigenvalue weighted by atomic mass is 10.6. The van der Waals surface area contributed by atoms with Crippen LogP contribution in [0.15, 0.2) is 0 Å². The van der Waals surface area contributed by atoms with Gasteiger partial charge in [0.2, 0.25) is 0 Å². The number of nitrogens with zero attached hydrogens (tertiary/aromatic N) is 6. The Labute approximate surface area is 128 Å². The average molecular weight is 303 g/mol. The Morgan fingerprint density at radius 3 is 2.09 bits per heavy atom. The minimum atomic E-state index is 0.177. The van der Waals surface area contributed by atoms with Crippen molar-refractivity contribution in [2.24, 2.45) is 17.5 Å². The van der Waals surface area contributed by atoms with Crippen LogP contribution in [0.4, 0.5) is 5.95 Å². The molecular weight excluding hydrogens is 286 g/mol. The molecule has 0 aliphatic rings. The van der Waals surface area contributed by atoms with Gasteiger partial charge >= 0.3 is 0 Å². The first kappa shape index (κ1) is 21.0. The van der Waals surface area contributed by atoms with Crippen molar-refractivity contribution in [3.05, 3.63) is 0 Å². The number of nitriles is 1. The van der Waals surface area contributed by atoms with Crippen LogP contribution in [0.2, 0.25) is 0 Å². The third-order valence-corrected chi connectivity index (χ3v) is 1.45. The van der Waals surface area contributed by atoms with Crippen LogP contribution in [0.3, 0.4) is 0 Å². The summed E-state index contributed by atoms with van der Waals surface area (Å²) in [5.74, 6) is 22.1. The number of nitrogens with two attached hydrogens (primary N) is 3. The van der Waals surface area contributed by atoms with Crippen LogP contribution < -0.4 is 28.0 Å². The van der Waals surface area contributed by atoms with Crippen molar-refractivity contribution < 1.29 is 0 Å². The van der Waals surface area contributed by atoms with Crippen LogP contribution in [0.5, 0.6) is 0 Å². The van der Waals surface area contributed by atoms with Crippen LogP contribution in [-0.2, 0) is 0 Å². The van der Waals surface area contributed by atoms with Gasteiger partial charge in [-0.3, -0.25) is 10.9 Å². The maximum Gasteiger partial charge on any atom is 0.280 e. The van der Waals surface area contributed by atoms with E-state index in [2.05, 4.69) is 43.8 Å². The van der Waals surface area contributed by atoms with Crippen LogP contribution in [0.1, 0.15) is 0 Å². The lowest BCUT2D eigenvalue weighted by molar-refractivity contribution is 0.464. The Hall–Kier alpha value is -3.32. The lowest BCUT2D eigenvalue weighted by Gasteiger charge is -2.07. The predicted molar refractivity (Wildman–Crippen MR) is 80.9 cm³/mol. The van der Waals surface area contributed by atoms with Crippen molar-refractivity contribution in [2.45, 2.75) is 0 Å². The lowest BCUT2D eigenvalue weighted by Crippen LogP contribution is -2.32. The van der Waals surface area contributed by atoms with Crippen LogP contribution in [0.25, 0.3) is 0 Å². The van der Waals surface area contributed by atoms with Gasteiger partial charge in [0, 0.05) is 0 Å². The van der Waals surface area contributed by atoms with Gasteiger partial charge in [-0.15, -0.1) is 24.4 Å². The summed E-state index contributed by atoms with van der Waals surface area (Å²) in [4.78, 5) is 0. The SMILES string of the molecule is C#CCN(N)C#N.C#CCN(N)c1nn[nH]n1.C#CCNN. The smallest absolute Gasteiger partial charge is 0.271 e. The minimum Gasteiger partial charge on any atom is -0.271 e. The highest BCUT2D eigenvalue weighted by molar-refractivity contribution is 5.24. The molecule has 0 unspecified atom stereocenters. The first-order valence-corrected chi connectivity index (χ1v) is 5.48. The molecule has 0 saturated carbocycles. The highest BCUT2D eigenvalue weighted by Crippen LogP contribution is 1.93. The second-order valence-electron chi connectivity index (χ2n) is 3.06. The Morgan fingerprint density at radius 2 is 1.82 bits per heavy atom. The zero-order chi connectivity index (χ0) is 17.2. The van der Waals surface area contributed by atoms with Crippen molar-refractivity contribution in [3.8, 4) is 43.2 Å². The third kappa shape index (κ3) is 13.1. The number of aromatic amines is 1. The van der Waals surface area contributed by atoms with E-state index in [4.69, 9.17) is 42.1 Å². The summed E-state index contributed by atoms with van der Waals surface area (Å²) >= 11 is 0. The number of tetrazole rings is 1. The molecule has 11 heteroatoms. The number of H-pyrrole nitrogens is 1. The van der Waals surface area contributed by atoms with Gasteiger partial charge in [-0.25, -0.2) is 22.1 Å². The third-order valence-electron chi connectivity index (χ3n) is 1.45. The number of aromatic nitrogens is 4. The Kier molecular flexibility index (Phi) is 15.0. The first-order chi connectivity index (χ1) is 10.6. The van der Waals surface area contributed by atoms with Crippen molar-refractivity contribution in [3.63, 3.8) is 0 Å². The molecule has 1 aromatic heterocycles. The molecule has 0 bridgehead atoms. The molecule has 8 N–H and O–H groups in total.